The number of nitrogens with zero attached hydrogens (tertiary/aromatic N) is 4. The lowest BCUT2D eigenvalue weighted by Gasteiger charge is -2.29. The summed E-state index contributed by atoms with van der Waals surface area (Å²) in [6, 6.07) is 10.2. The summed E-state index contributed by atoms with van der Waals surface area (Å²) >= 11 is 0. The number of allylic oxidation sites excluding steroid dienone is 2. The van der Waals surface area contributed by atoms with E-state index in [9.17, 15) is 40.8 Å². The van der Waals surface area contributed by atoms with E-state index in [1.165, 1.54) is 27.8 Å². The number of benzene rings is 2. The number of sulfonamides is 1. The molecule has 4 aromatic rings. The van der Waals surface area contributed by atoms with E-state index in [-0.39, 0.29) is 49.3 Å². The Kier molecular flexibility index (Phi) is 10.6. The van der Waals surface area contributed by atoms with Crippen LogP contribution in [0.25, 0.3) is 21.7 Å². The van der Waals surface area contributed by atoms with Crippen LogP contribution in [0.1, 0.15) is 74.7 Å². The Morgan fingerprint density at radius 3 is 2.49 bits per heavy atom. The van der Waals surface area contributed by atoms with Gasteiger partial charge >= 0.3 is 6.36 Å². The first kappa shape index (κ1) is 40.3. The average molecular weight is 837 g/mol. The second-order valence-electron chi connectivity index (χ2n) is 15.9. The number of rotatable bonds is 8. The lowest BCUT2D eigenvalue weighted by atomic mass is 9.91. The van der Waals surface area contributed by atoms with Crippen LogP contribution < -0.4 is 19.5 Å². The number of alkyl halides is 3. The van der Waals surface area contributed by atoms with Gasteiger partial charge in [0.25, 0.3) is 5.91 Å². The van der Waals surface area contributed by atoms with Crippen LogP contribution in [0.2, 0.25) is 0 Å². The molecule has 18 heteroatoms. The highest BCUT2D eigenvalue weighted by Gasteiger charge is 2.61. The predicted octanol–water partition coefficient (Wildman–Crippen LogP) is 5.26. The quantitative estimate of drug-likeness (QED) is 0.176. The minimum absolute atomic E-state index is 0.0463. The highest BCUT2D eigenvalue weighted by Crippen LogP contribution is 2.57. The van der Waals surface area contributed by atoms with Crippen LogP contribution in [0.4, 0.5) is 13.2 Å². The number of nitrogens with one attached hydrogen (secondary N) is 2. The van der Waals surface area contributed by atoms with Crippen LogP contribution in [0.5, 0.6) is 11.6 Å². The first-order chi connectivity index (χ1) is 28.1. The van der Waals surface area contributed by atoms with Crippen molar-refractivity contribution in [1.29, 1.82) is 0 Å². The molecule has 0 radical (unpaired) electrons. The molecule has 5 atom stereocenters. The van der Waals surface area contributed by atoms with Crippen LogP contribution in [0.3, 0.4) is 0 Å². The van der Waals surface area contributed by atoms with Gasteiger partial charge < -0.3 is 19.7 Å². The van der Waals surface area contributed by atoms with E-state index in [2.05, 4.69) is 24.9 Å². The fourth-order valence-electron chi connectivity index (χ4n) is 8.31. The van der Waals surface area contributed by atoms with Gasteiger partial charge in [-0.3, -0.25) is 28.6 Å². The first-order valence-electron chi connectivity index (χ1n) is 19.7. The molecule has 8 rings (SSSR count). The third kappa shape index (κ3) is 8.63. The Bertz CT molecular complexity index is 2470. The fraction of sp³-hybridized carbons (Fsp3) is 0.463. The fourth-order valence-corrected chi connectivity index (χ4v) is 9.69. The second kappa shape index (κ2) is 15.6. The zero-order valence-corrected chi connectivity index (χ0v) is 32.9. The van der Waals surface area contributed by atoms with Crippen LogP contribution in [0.15, 0.2) is 66.9 Å². The first-order valence-corrected chi connectivity index (χ1v) is 21.3. The largest absolute Gasteiger partial charge is 0.573 e. The Morgan fingerprint density at radius 1 is 0.983 bits per heavy atom. The minimum atomic E-state index is -4.93. The normalized spacial score (nSPS) is 26.0. The number of ketones is 1. The molecule has 2 saturated carbocycles. The lowest BCUT2D eigenvalue weighted by Crippen LogP contribution is -2.52. The van der Waals surface area contributed by atoms with Crippen molar-refractivity contribution in [3.05, 3.63) is 72.6 Å². The number of aromatic nitrogens is 3. The van der Waals surface area contributed by atoms with E-state index in [0.717, 1.165) is 12.5 Å². The smallest absolute Gasteiger partial charge is 0.472 e. The van der Waals surface area contributed by atoms with Crippen molar-refractivity contribution in [3.63, 3.8) is 0 Å². The summed E-state index contributed by atoms with van der Waals surface area (Å²) in [5.41, 5.74) is -1.09. The molecular formula is C41H43F3N6O8S. The topological polar surface area (TPSA) is 179 Å². The maximum Gasteiger partial charge on any atom is 0.573 e. The summed E-state index contributed by atoms with van der Waals surface area (Å²) in [6.45, 7) is -0.130. The molecule has 0 bridgehead atoms. The molecule has 0 unspecified atom stereocenters. The SMILES string of the molecule is Cn1ccc(C(=O)N[C@H]2CCCCC/C=C\[C@@H]3C[C@@]3(C(=O)NS(=O)(=O)C3CC3)CC(=O)[C@@H]3C[C@@H](Oc4nc5cc(OC(F)(F)F)ccc5c5ccccc45)CN3C2=O)n1. The number of hydrogen-bond acceptors (Lipinski definition) is 10. The summed E-state index contributed by atoms with van der Waals surface area (Å²) in [7, 11) is -2.27. The molecule has 2 aliphatic heterocycles. The molecule has 2 aromatic carbocycles. The molecule has 1 saturated heterocycles. The van der Waals surface area contributed by atoms with Crippen molar-refractivity contribution in [2.45, 2.75) is 94.0 Å². The number of ether oxygens (including phenoxy) is 2. The summed E-state index contributed by atoms with van der Waals surface area (Å²) in [5.74, 6) is -3.16. The van der Waals surface area contributed by atoms with Crippen molar-refractivity contribution in [3.8, 4) is 11.6 Å². The van der Waals surface area contributed by atoms with Crippen LogP contribution in [-0.2, 0) is 31.5 Å². The maximum atomic E-state index is 14.7. The highest BCUT2D eigenvalue weighted by atomic mass is 32.2. The molecule has 2 aromatic heterocycles. The van der Waals surface area contributed by atoms with Gasteiger partial charge in [-0.15, -0.1) is 13.2 Å². The number of carbonyl (C=O) groups is 4. The number of hydrogen-bond donors (Lipinski definition) is 2. The van der Waals surface area contributed by atoms with Gasteiger partial charge in [0.2, 0.25) is 27.7 Å². The molecule has 2 N–H and O–H groups in total. The van der Waals surface area contributed by atoms with E-state index in [1.807, 2.05) is 12.2 Å². The number of aryl methyl sites for hydroxylation is 1. The number of amides is 3. The van der Waals surface area contributed by atoms with E-state index in [1.54, 1.807) is 37.5 Å². The Balaban J connectivity index is 1.13. The van der Waals surface area contributed by atoms with E-state index in [0.29, 0.717) is 48.3 Å². The van der Waals surface area contributed by atoms with Gasteiger partial charge in [-0.2, -0.15) is 5.10 Å². The number of carbonyl (C=O) groups excluding carboxylic acids is 4. The molecule has 4 aliphatic rings. The zero-order chi connectivity index (χ0) is 41.7. The Labute approximate surface area is 337 Å². The predicted molar refractivity (Wildman–Crippen MR) is 207 cm³/mol. The van der Waals surface area contributed by atoms with Gasteiger partial charge in [0.1, 0.15) is 23.6 Å². The molecule has 3 amide bonds. The summed E-state index contributed by atoms with van der Waals surface area (Å²) in [4.78, 5) is 62.5. The van der Waals surface area contributed by atoms with Crippen LogP contribution in [-0.4, -0.2) is 87.9 Å². The van der Waals surface area contributed by atoms with Gasteiger partial charge in [0, 0.05) is 42.9 Å². The van der Waals surface area contributed by atoms with Crippen molar-refractivity contribution >= 4 is 55.2 Å². The van der Waals surface area contributed by atoms with E-state index < -0.39 is 80.4 Å². The summed E-state index contributed by atoms with van der Waals surface area (Å²) in [6.07, 6.45) is 3.33. The van der Waals surface area contributed by atoms with Crippen molar-refractivity contribution in [1.82, 2.24) is 29.7 Å². The van der Waals surface area contributed by atoms with Gasteiger partial charge in [-0.05, 0) is 74.1 Å². The molecular weight excluding hydrogens is 794 g/mol. The molecule has 0 spiro atoms. The Morgan fingerprint density at radius 2 is 1.76 bits per heavy atom. The third-order valence-electron chi connectivity index (χ3n) is 11.6. The van der Waals surface area contributed by atoms with Crippen molar-refractivity contribution < 1.29 is 50.2 Å². The molecule has 59 heavy (non-hydrogen) atoms. The Hall–Kier alpha value is -5.52. The van der Waals surface area contributed by atoms with Gasteiger partial charge in [0.15, 0.2) is 5.78 Å². The highest BCUT2D eigenvalue weighted by molar-refractivity contribution is 7.90. The average Bonchev–Trinajstić information content (AvgIpc) is 4.07. The summed E-state index contributed by atoms with van der Waals surface area (Å²) in [5, 5.41) is 8.04. The minimum Gasteiger partial charge on any atom is -0.472 e. The maximum absolute atomic E-state index is 14.7. The van der Waals surface area contributed by atoms with Crippen LogP contribution >= 0.6 is 0 Å². The van der Waals surface area contributed by atoms with E-state index in [4.69, 9.17) is 4.74 Å². The molecule has 312 valence electrons. The second-order valence-corrected chi connectivity index (χ2v) is 17.9. The number of Topliss-reactive ketones (excluding diaryl/α,β-unsaturated/α-hetero) is 1. The molecule has 3 fully saturated rings. The summed E-state index contributed by atoms with van der Waals surface area (Å²) < 4.78 is 79.6. The molecule has 4 heterocycles. The lowest BCUT2D eigenvalue weighted by molar-refractivity contribution is -0.274. The van der Waals surface area contributed by atoms with Crippen molar-refractivity contribution in [2.75, 3.05) is 6.54 Å². The number of fused-ring (bicyclic) bond motifs is 5. The van der Waals surface area contributed by atoms with Crippen LogP contribution in [0, 0.1) is 11.3 Å². The van der Waals surface area contributed by atoms with Gasteiger partial charge in [-0.25, -0.2) is 13.4 Å². The van der Waals surface area contributed by atoms with Crippen molar-refractivity contribution in [2.24, 2.45) is 18.4 Å². The van der Waals surface area contributed by atoms with Gasteiger partial charge in [-0.1, -0.05) is 43.2 Å². The standard InChI is InChI=1S/C41H43F3N6O8S/c1-49-18-17-31(47-49)36(52)45-32-12-6-4-2-3-5-9-24-21-40(24,39(54)48-59(55,56)27-14-15-27)22-35(51)34-20-26(23-50(34)38(32)53)57-37-30-11-8-7-10-28(30)29-16-13-25(19-33(29)46-37)58-41(42,43)44/h5,7-11,13,16-19,24,26-27,32,34H,2-4,6,12,14-15,20-23H2,1H3,(H,45,52)(H,48,54)/b9-5-/t24-,26-,32+,34+,40-/m1/s1. The monoisotopic (exact) mass is 836 g/mol. The zero-order valence-electron chi connectivity index (χ0n) is 32.1. The third-order valence-corrected chi connectivity index (χ3v) is 13.4. The van der Waals surface area contributed by atoms with Gasteiger partial charge in [0.05, 0.1) is 28.8 Å². The number of pyridine rings is 1. The number of halogens is 3. The van der Waals surface area contributed by atoms with E-state index >= 15 is 0 Å². The molecule has 14 nitrogen and oxygen atoms in total. The molecule has 2 aliphatic carbocycles.